The van der Waals surface area contributed by atoms with E-state index in [4.69, 9.17) is 4.42 Å². The van der Waals surface area contributed by atoms with Gasteiger partial charge in [0.05, 0.1) is 6.54 Å². The van der Waals surface area contributed by atoms with Crippen molar-refractivity contribution in [2.24, 2.45) is 0 Å². The lowest BCUT2D eigenvalue weighted by molar-refractivity contribution is 0.439. The largest absolute Gasteiger partial charge is 0.454 e. The van der Waals surface area contributed by atoms with E-state index >= 15 is 0 Å². The Hall–Kier alpha value is -0.880. The highest BCUT2D eigenvalue weighted by Crippen LogP contribution is 2.17. The van der Waals surface area contributed by atoms with Gasteiger partial charge < -0.3 is 9.73 Å². The quantitative estimate of drug-likeness (QED) is 0.851. The van der Waals surface area contributed by atoms with E-state index in [1.165, 1.54) is 6.07 Å². The lowest BCUT2D eigenvalue weighted by Crippen LogP contribution is -2.18. The average molecular weight is 345 g/mol. The fourth-order valence-electron chi connectivity index (χ4n) is 1.64. The molecular formula is C13H13FINO. The van der Waals surface area contributed by atoms with Gasteiger partial charge in [-0.15, -0.1) is 0 Å². The van der Waals surface area contributed by atoms with Crippen LogP contribution in [0.5, 0.6) is 0 Å². The van der Waals surface area contributed by atoms with E-state index in [-0.39, 0.29) is 11.9 Å². The van der Waals surface area contributed by atoms with Crippen molar-refractivity contribution >= 4 is 22.6 Å². The third-order valence-corrected chi connectivity index (χ3v) is 3.16. The Kier molecular flexibility index (Phi) is 4.17. The molecule has 0 unspecified atom stereocenters. The molecular weight excluding hydrogens is 332 g/mol. The summed E-state index contributed by atoms with van der Waals surface area (Å²) in [5.74, 6) is 0.680. The van der Waals surface area contributed by atoms with E-state index in [1.54, 1.807) is 12.1 Å². The van der Waals surface area contributed by atoms with Gasteiger partial charge in [-0.25, -0.2) is 4.39 Å². The van der Waals surface area contributed by atoms with Crippen LogP contribution in [0.15, 0.2) is 40.8 Å². The first kappa shape index (κ1) is 12.6. The molecule has 90 valence electrons. The molecule has 0 saturated carbocycles. The summed E-state index contributed by atoms with van der Waals surface area (Å²) in [6.45, 7) is 2.53. The molecule has 1 N–H and O–H groups in total. The minimum Gasteiger partial charge on any atom is -0.454 e. The average Bonchev–Trinajstić information content (AvgIpc) is 2.73. The van der Waals surface area contributed by atoms with E-state index in [9.17, 15) is 4.39 Å². The van der Waals surface area contributed by atoms with E-state index in [0.29, 0.717) is 12.1 Å². The number of nitrogens with one attached hydrogen (secondary N) is 1. The predicted octanol–water partition coefficient (Wildman–Crippen LogP) is 3.87. The Labute approximate surface area is 113 Å². The minimum absolute atomic E-state index is 0.0426. The number of halogens is 2. The molecule has 0 aliphatic heterocycles. The van der Waals surface area contributed by atoms with Crippen molar-refractivity contribution in [3.63, 3.8) is 0 Å². The van der Waals surface area contributed by atoms with Crippen molar-refractivity contribution in [2.75, 3.05) is 0 Å². The highest BCUT2D eigenvalue weighted by Gasteiger charge is 2.10. The number of hydrogen-bond acceptors (Lipinski definition) is 2. The van der Waals surface area contributed by atoms with Crippen molar-refractivity contribution in [3.05, 3.63) is 57.3 Å². The second-order valence-corrected chi connectivity index (χ2v) is 4.89. The van der Waals surface area contributed by atoms with Crippen LogP contribution >= 0.6 is 22.6 Å². The van der Waals surface area contributed by atoms with Crippen molar-refractivity contribution in [2.45, 2.75) is 19.5 Å². The first-order valence-electron chi connectivity index (χ1n) is 5.39. The monoisotopic (exact) mass is 345 g/mol. The maximum Gasteiger partial charge on any atom is 0.164 e. The fourth-order valence-corrected chi connectivity index (χ4v) is 2.10. The Morgan fingerprint density at radius 3 is 2.71 bits per heavy atom. The fraction of sp³-hybridized carbons (Fsp3) is 0.231. The molecule has 0 fully saturated rings. The number of furan rings is 1. The molecule has 0 amide bonds. The lowest BCUT2D eigenvalue weighted by Gasteiger charge is -2.13. The molecule has 1 aromatic heterocycles. The van der Waals surface area contributed by atoms with Crippen LogP contribution in [-0.4, -0.2) is 0 Å². The summed E-state index contributed by atoms with van der Waals surface area (Å²) in [5, 5.41) is 3.23. The number of rotatable bonds is 4. The second kappa shape index (κ2) is 5.64. The maximum absolute atomic E-state index is 13.5. The highest BCUT2D eigenvalue weighted by molar-refractivity contribution is 14.1. The summed E-state index contributed by atoms with van der Waals surface area (Å²) in [6, 6.07) is 10.6. The molecule has 0 aliphatic carbocycles. The molecule has 2 nitrogen and oxygen atoms in total. The van der Waals surface area contributed by atoms with Gasteiger partial charge in [0.25, 0.3) is 0 Å². The smallest absolute Gasteiger partial charge is 0.164 e. The van der Waals surface area contributed by atoms with Gasteiger partial charge in [-0.05, 0) is 47.7 Å². The molecule has 2 rings (SSSR count). The Morgan fingerprint density at radius 1 is 1.29 bits per heavy atom. The molecule has 0 saturated heterocycles. The van der Waals surface area contributed by atoms with Crippen molar-refractivity contribution in [1.29, 1.82) is 0 Å². The molecule has 0 radical (unpaired) electrons. The summed E-state index contributed by atoms with van der Waals surface area (Å²) in [5.41, 5.74) is 0.675. The molecule has 0 aliphatic rings. The highest BCUT2D eigenvalue weighted by atomic mass is 127. The summed E-state index contributed by atoms with van der Waals surface area (Å²) in [4.78, 5) is 0. The molecule has 2 aromatic rings. The zero-order chi connectivity index (χ0) is 12.3. The van der Waals surface area contributed by atoms with Crippen LogP contribution in [0.2, 0.25) is 0 Å². The van der Waals surface area contributed by atoms with Crippen LogP contribution in [0, 0.1) is 9.58 Å². The Balaban J connectivity index is 1.98. The SMILES string of the molecule is C[C@@H](NCc1ccc(I)o1)c1ccccc1F. The molecule has 1 aromatic carbocycles. The summed E-state index contributed by atoms with van der Waals surface area (Å²) < 4.78 is 19.8. The molecule has 1 heterocycles. The topological polar surface area (TPSA) is 25.2 Å². The first-order chi connectivity index (χ1) is 8.16. The predicted molar refractivity (Wildman–Crippen MR) is 73.1 cm³/mol. The maximum atomic E-state index is 13.5. The van der Waals surface area contributed by atoms with Crippen LogP contribution in [0.4, 0.5) is 4.39 Å². The van der Waals surface area contributed by atoms with Crippen molar-refractivity contribution < 1.29 is 8.81 Å². The second-order valence-electron chi connectivity index (χ2n) is 3.83. The van der Waals surface area contributed by atoms with Gasteiger partial charge in [0.1, 0.15) is 11.6 Å². The van der Waals surface area contributed by atoms with Gasteiger partial charge in [-0.3, -0.25) is 0 Å². The van der Waals surface area contributed by atoms with E-state index in [0.717, 1.165) is 9.53 Å². The molecule has 17 heavy (non-hydrogen) atoms. The Morgan fingerprint density at radius 2 is 2.06 bits per heavy atom. The summed E-state index contributed by atoms with van der Waals surface area (Å²) in [7, 11) is 0. The molecule has 0 spiro atoms. The third kappa shape index (κ3) is 3.29. The number of hydrogen-bond donors (Lipinski definition) is 1. The lowest BCUT2D eigenvalue weighted by atomic mass is 10.1. The van der Waals surface area contributed by atoms with Gasteiger partial charge in [-0.1, -0.05) is 18.2 Å². The van der Waals surface area contributed by atoms with Gasteiger partial charge in [-0.2, -0.15) is 0 Å². The number of benzene rings is 1. The standard InChI is InChI=1S/C13H13FINO/c1-9(11-4-2-3-5-12(11)14)16-8-10-6-7-13(15)17-10/h2-7,9,16H,8H2,1H3/t9-/m1/s1. The zero-order valence-corrected chi connectivity index (χ0v) is 11.6. The van der Waals surface area contributed by atoms with Gasteiger partial charge >= 0.3 is 0 Å². The van der Waals surface area contributed by atoms with Crippen LogP contribution in [-0.2, 0) is 6.54 Å². The van der Waals surface area contributed by atoms with E-state index in [2.05, 4.69) is 27.9 Å². The van der Waals surface area contributed by atoms with Crippen molar-refractivity contribution in [1.82, 2.24) is 5.32 Å². The van der Waals surface area contributed by atoms with Crippen LogP contribution < -0.4 is 5.32 Å². The van der Waals surface area contributed by atoms with E-state index in [1.807, 2.05) is 25.1 Å². The minimum atomic E-state index is -0.179. The van der Waals surface area contributed by atoms with Crippen molar-refractivity contribution in [3.8, 4) is 0 Å². The van der Waals surface area contributed by atoms with Gasteiger partial charge in [0, 0.05) is 11.6 Å². The summed E-state index contributed by atoms with van der Waals surface area (Å²) in [6.07, 6.45) is 0. The third-order valence-electron chi connectivity index (χ3n) is 2.58. The van der Waals surface area contributed by atoms with E-state index < -0.39 is 0 Å². The molecule has 0 bridgehead atoms. The van der Waals surface area contributed by atoms with Crippen LogP contribution in [0.1, 0.15) is 24.3 Å². The zero-order valence-electron chi connectivity index (χ0n) is 9.41. The van der Waals surface area contributed by atoms with Crippen LogP contribution in [0.3, 0.4) is 0 Å². The van der Waals surface area contributed by atoms with Crippen LogP contribution in [0.25, 0.3) is 0 Å². The first-order valence-corrected chi connectivity index (χ1v) is 6.46. The normalized spacial score (nSPS) is 12.6. The summed E-state index contributed by atoms with van der Waals surface area (Å²) >= 11 is 2.12. The Bertz CT molecular complexity index is 498. The molecule has 4 heteroatoms. The van der Waals surface area contributed by atoms with Gasteiger partial charge in [0.15, 0.2) is 3.77 Å². The van der Waals surface area contributed by atoms with Gasteiger partial charge in [0.2, 0.25) is 0 Å². The molecule has 1 atom stereocenters.